The quantitative estimate of drug-likeness (QED) is 0.818. The first-order valence-electron chi connectivity index (χ1n) is 7.56. The van der Waals surface area contributed by atoms with E-state index in [0.717, 1.165) is 25.7 Å². The van der Waals surface area contributed by atoms with Crippen molar-refractivity contribution in [3.63, 3.8) is 0 Å². The molecule has 0 aromatic heterocycles. The third-order valence-corrected chi connectivity index (χ3v) is 4.43. The lowest BCUT2D eigenvalue weighted by Crippen LogP contribution is -2.40. The summed E-state index contributed by atoms with van der Waals surface area (Å²) in [5, 5.41) is 20.0. The molecule has 1 aliphatic carbocycles. The van der Waals surface area contributed by atoms with Gasteiger partial charge in [0.1, 0.15) is 11.5 Å². The molecular weight excluding hydrogens is 268 g/mol. The highest BCUT2D eigenvalue weighted by Gasteiger charge is 2.36. The molecule has 4 nitrogen and oxygen atoms in total. The van der Waals surface area contributed by atoms with Gasteiger partial charge in [-0.05, 0) is 50.7 Å². The van der Waals surface area contributed by atoms with E-state index < -0.39 is 5.60 Å². The maximum atomic E-state index is 11.0. The highest BCUT2D eigenvalue weighted by Crippen LogP contribution is 2.38. The van der Waals surface area contributed by atoms with Crippen LogP contribution in [0.15, 0.2) is 18.2 Å². The number of hydrogen-bond acceptors (Lipinski definition) is 4. The van der Waals surface area contributed by atoms with Crippen LogP contribution in [-0.2, 0) is 0 Å². The molecule has 1 aromatic rings. The van der Waals surface area contributed by atoms with Crippen molar-refractivity contribution in [3.8, 4) is 11.5 Å². The van der Waals surface area contributed by atoms with Crippen molar-refractivity contribution in [2.75, 3.05) is 6.61 Å². The molecule has 2 atom stereocenters. The number of carbonyl (C=O) groups is 1. The van der Waals surface area contributed by atoms with E-state index in [1.165, 1.54) is 6.07 Å². The minimum absolute atomic E-state index is 0.0646. The fourth-order valence-corrected chi connectivity index (χ4v) is 3.31. The van der Waals surface area contributed by atoms with E-state index in [1.807, 2.05) is 13.8 Å². The highest BCUT2D eigenvalue weighted by molar-refractivity contribution is 5.83. The van der Waals surface area contributed by atoms with E-state index in [2.05, 4.69) is 0 Å². The summed E-state index contributed by atoms with van der Waals surface area (Å²) < 4.78 is 5.77. The van der Waals surface area contributed by atoms with Crippen LogP contribution in [0, 0.1) is 11.8 Å². The van der Waals surface area contributed by atoms with Gasteiger partial charge in [0.15, 0.2) is 6.29 Å². The second-order valence-electron chi connectivity index (χ2n) is 6.42. The standard InChI is InChI=1S/C17H24O4/c1-17(2,20)14-7-4-3-6-12(14)11-21-16-9-5-8-15(19)13(16)10-18/h5,8-10,12,14,19-20H,3-4,6-7,11H2,1-2H3/t12?,14-/m0/s1. The van der Waals surface area contributed by atoms with E-state index in [0.29, 0.717) is 18.6 Å². The molecule has 4 heteroatoms. The predicted molar refractivity (Wildman–Crippen MR) is 80.7 cm³/mol. The zero-order valence-corrected chi connectivity index (χ0v) is 12.7. The molecule has 2 N–H and O–H groups in total. The summed E-state index contributed by atoms with van der Waals surface area (Å²) in [7, 11) is 0. The summed E-state index contributed by atoms with van der Waals surface area (Å²) in [6.45, 7) is 4.15. The van der Waals surface area contributed by atoms with Crippen molar-refractivity contribution in [2.45, 2.75) is 45.1 Å². The van der Waals surface area contributed by atoms with Crippen molar-refractivity contribution >= 4 is 6.29 Å². The fourth-order valence-electron chi connectivity index (χ4n) is 3.31. The van der Waals surface area contributed by atoms with Gasteiger partial charge in [-0.2, -0.15) is 0 Å². The molecule has 0 amide bonds. The summed E-state index contributed by atoms with van der Waals surface area (Å²) in [6.07, 6.45) is 4.90. The van der Waals surface area contributed by atoms with Crippen molar-refractivity contribution in [1.82, 2.24) is 0 Å². The number of ether oxygens (including phenoxy) is 1. The third kappa shape index (κ3) is 3.76. The van der Waals surface area contributed by atoms with E-state index >= 15 is 0 Å². The maximum absolute atomic E-state index is 11.0. The average Bonchev–Trinajstić information content (AvgIpc) is 2.44. The van der Waals surface area contributed by atoms with Crippen LogP contribution < -0.4 is 4.74 Å². The molecule has 1 aliphatic rings. The Labute approximate surface area is 125 Å². The van der Waals surface area contributed by atoms with E-state index in [9.17, 15) is 15.0 Å². The zero-order valence-electron chi connectivity index (χ0n) is 12.7. The second kappa shape index (κ2) is 6.48. The molecule has 0 heterocycles. The van der Waals surface area contributed by atoms with Crippen LogP contribution in [0.2, 0.25) is 0 Å². The third-order valence-electron chi connectivity index (χ3n) is 4.43. The number of benzene rings is 1. The second-order valence-corrected chi connectivity index (χ2v) is 6.42. The van der Waals surface area contributed by atoms with Gasteiger partial charge < -0.3 is 14.9 Å². The molecule has 0 spiro atoms. The Hall–Kier alpha value is -1.55. The Kier molecular flexibility index (Phi) is 4.88. The van der Waals surface area contributed by atoms with Crippen LogP contribution in [-0.4, -0.2) is 28.7 Å². The number of aromatic hydroxyl groups is 1. The Morgan fingerprint density at radius 3 is 2.71 bits per heavy atom. The molecule has 1 saturated carbocycles. The summed E-state index contributed by atoms with van der Waals surface area (Å²) >= 11 is 0. The van der Waals surface area contributed by atoms with Gasteiger partial charge >= 0.3 is 0 Å². The van der Waals surface area contributed by atoms with Gasteiger partial charge in [-0.15, -0.1) is 0 Å². The molecule has 0 bridgehead atoms. The molecule has 0 saturated heterocycles. The van der Waals surface area contributed by atoms with E-state index in [-0.39, 0.29) is 23.1 Å². The molecule has 1 aromatic carbocycles. The molecule has 1 unspecified atom stereocenters. The zero-order chi connectivity index (χ0) is 15.5. The minimum Gasteiger partial charge on any atom is -0.507 e. The van der Waals surface area contributed by atoms with Gasteiger partial charge in [-0.25, -0.2) is 0 Å². The Balaban J connectivity index is 2.08. The van der Waals surface area contributed by atoms with Crippen molar-refractivity contribution in [2.24, 2.45) is 11.8 Å². The number of carbonyl (C=O) groups excluding carboxylic acids is 1. The van der Waals surface area contributed by atoms with E-state index in [1.54, 1.807) is 12.1 Å². The SMILES string of the molecule is CC(C)(O)[C@H]1CCCCC1COc1cccc(O)c1C=O. The van der Waals surface area contributed by atoms with Gasteiger partial charge in [-0.1, -0.05) is 18.9 Å². The van der Waals surface area contributed by atoms with Crippen LogP contribution in [0.1, 0.15) is 49.9 Å². The predicted octanol–water partition coefficient (Wildman–Crippen LogP) is 3.16. The molecule has 0 aliphatic heterocycles. The Bertz CT molecular complexity index is 490. The molecular formula is C17H24O4. The Morgan fingerprint density at radius 1 is 1.33 bits per heavy atom. The fraction of sp³-hybridized carbons (Fsp3) is 0.588. The monoisotopic (exact) mass is 292 g/mol. The molecule has 2 rings (SSSR count). The van der Waals surface area contributed by atoms with Crippen molar-refractivity contribution in [1.29, 1.82) is 0 Å². The number of aldehydes is 1. The van der Waals surface area contributed by atoms with Crippen molar-refractivity contribution in [3.05, 3.63) is 23.8 Å². The average molecular weight is 292 g/mol. The molecule has 0 radical (unpaired) electrons. The van der Waals surface area contributed by atoms with Crippen LogP contribution in [0.3, 0.4) is 0 Å². The van der Waals surface area contributed by atoms with Gasteiger partial charge in [0.05, 0.1) is 17.8 Å². The smallest absolute Gasteiger partial charge is 0.157 e. The first-order valence-corrected chi connectivity index (χ1v) is 7.56. The first kappa shape index (κ1) is 15.8. The lowest BCUT2D eigenvalue weighted by molar-refractivity contribution is -0.0378. The largest absolute Gasteiger partial charge is 0.507 e. The molecule has 116 valence electrons. The number of phenolic OH excluding ortho intramolecular Hbond substituents is 1. The van der Waals surface area contributed by atoms with Gasteiger partial charge in [0.2, 0.25) is 0 Å². The van der Waals surface area contributed by atoms with Gasteiger partial charge in [0.25, 0.3) is 0 Å². The number of aliphatic hydroxyl groups is 1. The summed E-state index contributed by atoms with van der Waals surface area (Å²) in [5.41, 5.74) is -0.533. The van der Waals surface area contributed by atoms with Crippen molar-refractivity contribution < 1.29 is 19.7 Å². The highest BCUT2D eigenvalue weighted by atomic mass is 16.5. The van der Waals surface area contributed by atoms with Crippen LogP contribution in [0.5, 0.6) is 11.5 Å². The summed E-state index contributed by atoms with van der Waals surface area (Å²) in [5.74, 6) is 0.805. The topological polar surface area (TPSA) is 66.8 Å². The Morgan fingerprint density at radius 2 is 2.05 bits per heavy atom. The van der Waals surface area contributed by atoms with Crippen LogP contribution in [0.25, 0.3) is 0 Å². The number of hydrogen-bond donors (Lipinski definition) is 2. The number of rotatable bonds is 5. The van der Waals surface area contributed by atoms with E-state index in [4.69, 9.17) is 4.74 Å². The van der Waals surface area contributed by atoms with Crippen LogP contribution >= 0.6 is 0 Å². The van der Waals surface area contributed by atoms with Gasteiger partial charge in [-0.3, -0.25) is 4.79 Å². The normalized spacial score (nSPS) is 22.8. The summed E-state index contributed by atoms with van der Waals surface area (Å²) in [6, 6.07) is 4.81. The summed E-state index contributed by atoms with van der Waals surface area (Å²) in [4.78, 5) is 11.0. The van der Waals surface area contributed by atoms with Gasteiger partial charge in [0, 0.05) is 0 Å². The number of phenols is 1. The minimum atomic E-state index is -0.721. The maximum Gasteiger partial charge on any atom is 0.157 e. The first-order chi connectivity index (χ1) is 9.93. The lowest BCUT2D eigenvalue weighted by Gasteiger charge is -2.39. The molecule has 1 fully saturated rings. The molecule has 21 heavy (non-hydrogen) atoms. The van der Waals surface area contributed by atoms with Crippen LogP contribution in [0.4, 0.5) is 0 Å². The lowest BCUT2D eigenvalue weighted by atomic mass is 9.72.